The van der Waals surface area contributed by atoms with Gasteiger partial charge in [-0.05, 0) is 48.0 Å². The molecule has 7 heteroatoms. The zero-order valence-corrected chi connectivity index (χ0v) is 14.7. The van der Waals surface area contributed by atoms with Crippen LogP contribution in [0.4, 0.5) is 0 Å². The number of carbonyl (C=O) groups excluding carboxylic acids is 1. The molecule has 0 atom stereocenters. The molecule has 7 nitrogen and oxygen atoms in total. The summed E-state index contributed by atoms with van der Waals surface area (Å²) >= 11 is 0. The van der Waals surface area contributed by atoms with Gasteiger partial charge in [-0.15, -0.1) is 0 Å². The molecule has 0 unspecified atom stereocenters. The number of methoxy groups -OCH3 is 3. The molecule has 134 valence electrons. The maximum Gasteiger partial charge on any atom is 0.287 e. The highest BCUT2D eigenvalue weighted by Crippen LogP contribution is 2.35. The third-order valence-corrected chi connectivity index (χ3v) is 3.88. The number of nitrogens with zero attached hydrogens (tertiary/aromatic N) is 1. The number of hydrazone groups is 1. The van der Waals surface area contributed by atoms with Crippen LogP contribution in [0.5, 0.6) is 17.2 Å². The number of amides is 1. The monoisotopic (exact) mass is 353 g/mol. The van der Waals surface area contributed by atoms with Crippen molar-refractivity contribution in [2.45, 2.75) is 0 Å². The van der Waals surface area contributed by atoms with Crippen LogP contribution in [-0.2, 0) is 0 Å². The van der Waals surface area contributed by atoms with E-state index in [1.165, 1.54) is 0 Å². The van der Waals surface area contributed by atoms with Crippen LogP contribution in [-0.4, -0.2) is 38.4 Å². The minimum atomic E-state index is -0.355. The largest absolute Gasteiger partial charge is 0.497 e. The molecule has 0 saturated heterocycles. The van der Waals surface area contributed by atoms with Crippen LogP contribution in [0.15, 0.2) is 47.6 Å². The SMILES string of the molecule is COc1ccc(/C=N\NC(=O)c2cc3c(OC)c(OC)ccc3[nH]2)cc1. The van der Waals surface area contributed by atoms with Crippen molar-refractivity contribution >= 4 is 23.0 Å². The predicted molar refractivity (Wildman–Crippen MR) is 99.5 cm³/mol. The van der Waals surface area contributed by atoms with E-state index < -0.39 is 0 Å². The van der Waals surface area contributed by atoms with Crippen molar-refractivity contribution in [1.29, 1.82) is 0 Å². The number of aromatic nitrogens is 1. The van der Waals surface area contributed by atoms with Gasteiger partial charge in [0.05, 0.1) is 33.1 Å². The lowest BCUT2D eigenvalue weighted by molar-refractivity contribution is 0.0951. The van der Waals surface area contributed by atoms with E-state index in [-0.39, 0.29) is 5.91 Å². The van der Waals surface area contributed by atoms with Crippen molar-refractivity contribution in [3.05, 3.63) is 53.7 Å². The Bertz CT molecular complexity index is 945. The molecule has 1 heterocycles. The second-order valence-corrected chi connectivity index (χ2v) is 5.42. The molecular weight excluding hydrogens is 334 g/mol. The van der Waals surface area contributed by atoms with Gasteiger partial charge in [-0.2, -0.15) is 5.10 Å². The summed E-state index contributed by atoms with van der Waals surface area (Å²) in [5.41, 5.74) is 4.48. The number of rotatable bonds is 6. The summed E-state index contributed by atoms with van der Waals surface area (Å²) in [5.74, 6) is 1.58. The van der Waals surface area contributed by atoms with Gasteiger partial charge in [0.15, 0.2) is 11.5 Å². The fourth-order valence-corrected chi connectivity index (χ4v) is 2.57. The number of hydrogen-bond donors (Lipinski definition) is 2. The summed E-state index contributed by atoms with van der Waals surface area (Å²) in [4.78, 5) is 15.4. The first kappa shape index (κ1) is 17.3. The number of fused-ring (bicyclic) bond motifs is 1. The minimum Gasteiger partial charge on any atom is -0.497 e. The van der Waals surface area contributed by atoms with Gasteiger partial charge in [0.1, 0.15) is 11.4 Å². The van der Waals surface area contributed by atoms with Crippen LogP contribution in [0.2, 0.25) is 0 Å². The molecular formula is C19H19N3O4. The number of benzene rings is 2. The smallest absolute Gasteiger partial charge is 0.287 e. The first-order chi connectivity index (χ1) is 12.7. The van der Waals surface area contributed by atoms with E-state index in [4.69, 9.17) is 14.2 Å². The average molecular weight is 353 g/mol. The van der Waals surface area contributed by atoms with Gasteiger partial charge >= 0.3 is 0 Å². The number of nitrogens with one attached hydrogen (secondary N) is 2. The lowest BCUT2D eigenvalue weighted by atomic mass is 10.2. The number of hydrogen-bond acceptors (Lipinski definition) is 5. The molecule has 0 saturated carbocycles. The van der Waals surface area contributed by atoms with Crippen molar-refractivity contribution in [2.75, 3.05) is 21.3 Å². The fourth-order valence-electron chi connectivity index (χ4n) is 2.57. The van der Waals surface area contributed by atoms with Gasteiger partial charge < -0.3 is 19.2 Å². The molecule has 2 N–H and O–H groups in total. The molecule has 26 heavy (non-hydrogen) atoms. The Morgan fingerprint density at radius 1 is 1.04 bits per heavy atom. The van der Waals surface area contributed by atoms with Gasteiger partial charge in [0.2, 0.25) is 0 Å². The van der Waals surface area contributed by atoms with Crippen LogP contribution in [0.3, 0.4) is 0 Å². The quantitative estimate of drug-likeness (QED) is 0.527. The van der Waals surface area contributed by atoms with Crippen molar-refractivity contribution in [2.24, 2.45) is 5.10 Å². The Labute approximate surface area is 150 Å². The Balaban J connectivity index is 1.76. The molecule has 0 aliphatic carbocycles. The zero-order chi connectivity index (χ0) is 18.5. The third-order valence-electron chi connectivity index (χ3n) is 3.88. The maximum atomic E-state index is 12.3. The molecule has 3 aromatic rings. The maximum absolute atomic E-state index is 12.3. The fraction of sp³-hybridized carbons (Fsp3) is 0.158. The molecule has 0 bridgehead atoms. The third kappa shape index (κ3) is 3.46. The highest BCUT2D eigenvalue weighted by Gasteiger charge is 2.14. The lowest BCUT2D eigenvalue weighted by Gasteiger charge is -2.07. The summed E-state index contributed by atoms with van der Waals surface area (Å²) < 4.78 is 15.8. The van der Waals surface area contributed by atoms with Crippen molar-refractivity contribution in [3.8, 4) is 17.2 Å². The van der Waals surface area contributed by atoms with Crippen LogP contribution < -0.4 is 19.6 Å². The highest BCUT2D eigenvalue weighted by molar-refractivity contribution is 6.00. The minimum absolute atomic E-state index is 0.355. The van der Waals surface area contributed by atoms with Crippen LogP contribution in [0.1, 0.15) is 16.1 Å². The molecule has 0 aliphatic rings. The van der Waals surface area contributed by atoms with Crippen molar-refractivity contribution < 1.29 is 19.0 Å². The van der Waals surface area contributed by atoms with E-state index in [2.05, 4.69) is 15.5 Å². The topological polar surface area (TPSA) is 84.9 Å². The van der Waals surface area contributed by atoms with Crippen LogP contribution >= 0.6 is 0 Å². The van der Waals surface area contributed by atoms with Gasteiger partial charge in [-0.1, -0.05) is 0 Å². The van der Waals surface area contributed by atoms with E-state index >= 15 is 0 Å². The number of ether oxygens (including phenoxy) is 3. The normalized spacial score (nSPS) is 10.9. The Morgan fingerprint density at radius 2 is 1.81 bits per heavy atom. The summed E-state index contributed by atoms with van der Waals surface area (Å²) in [6.07, 6.45) is 1.56. The van der Waals surface area contributed by atoms with E-state index in [9.17, 15) is 4.79 Å². The molecule has 0 aliphatic heterocycles. The summed E-state index contributed by atoms with van der Waals surface area (Å²) in [7, 11) is 4.73. The molecule has 1 aromatic heterocycles. The van der Waals surface area contributed by atoms with Gasteiger partial charge in [0.25, 0.3) is 5.91 Å². The Kier molecular flexibility index (Phi) is 5.07. The molecule has 1 amide bonds. The Morgan fingerprint density at radius 3 is 2.46 bits per heavy atom. The summed E-state index contributed by atoms with van der Waals surface area (Å²) in [6, 6.07) is 12.6. The number of aromatic amines is 1. The number of carbonyl (C=O) groups is 1. The molecule has 0 fully saturated rings. The summed E-state index contributed by atoms with van der Waals surface area (Å²) in [5, 5.41) is 4.74. The first-order valence-electron chi connectivity index (χ1n) is 7.87. The second kappa shape index (κ2) is 7.60. The number of H-pyrrole nitrogens is 1. The molecule has 0 spiro atoms. The van der Waals surface area contributed by atoms with Gasteiger partial charge in [0, 0.05) is 5.39 Å². The van der Waals surface area contributed by atoms with E-state index in [1.54, 1.807) is 39.7 Å². The molecule has 3 rings (SSSR count). The van der Waals surface area contributed by atoms with Crippen LogP contribution in [0, 0.1) is 0 Å². The van der Waals surface area contributed by atoms with E-state index in [1.807, 2.05) is 30.3 Å². The average Bonchev–Trinajstić information content (AvgIpc) is 3.12. The molecule has 2 aromatic carbocycles. The zero-order valence-electron chi connectivity index (χ0n) is 14.7. The highest BCUT2D eigenvalue weighted by atomic mass is 16.5. The second-order valence-electron chi connectivity index (χ2n) is 5.42. The molecule has 0 radical (unpaired) electrons. The van der Waals surface area contributed by atoms with Gasteiger partial charge in [-0.25, -0.2) is 5.43 Å². The van der Waals surface area contributed by atoms with Crippen LogP contribution in [0.25, 0.3) is 10.9 Å². The van der Waals surface area contributed by atoms with Gasteiger partial charge in [-0.3, -0.25) is 4.79 Å². The van der Waals surface area contributed by atoms with Crippen molar-refractivity contribution in [1.82, 2.24) is 10.4 Å². The van der Waals surface area contributed by atoms with E-state index in [0.29, 0.717) is 17.2 Å². The van der Waals surface area contributed by atoms with E-state index in [0.717, 1.165) is 22.2 Å². The van der Waals surface area contributed by atoms with Crippen molar-refractivity contribution in [3.63, 3.8) is 0 Å². The first-order valence-corrected chi connectivity index (χ1v) is 7.87. The lowest BCUT2D eigenvalue weighted by Crippen LogP contribution is -2.17. The standard InChI is InChI=1S/C19H19N3O4/c1-24-13-6-4-12(5-7-13)11-20-22-19(23)16-10-14-15(21-16)8-9-17(25-2)18(14)26-3/h4-11,21H,1-3H3,(H,22,23)/b20-11-. The summed E-state index contributed by atoms with van der Waals surface area (Å²) in [6.45, 7) is 0. The Hall–Kier alpha value is -3.48. The predicted octanol–water partition coefficient (Wildman–Crippen LogP) is 2.96.